The lowest BCUT2D eigenvalue weighted by Gasteiger charge is -2.27. The van der Waals surface area contributed by atoms with Crippen LogP contribution in [0.3, 0.4) is 0 Å². The number of rotatable bonds is 11. The Morgan fingerprint density at radius 2 is 1.70 bits per heavy atom. The second-order valence-electron chi connectivity index (χ2n) is 8.91. The zero-order valence-electron chi connectivity index (χ0n) is 20.3. The third-order valence-corrected chi connectivity index (χ3v) is 5.81. The Balaban J connectivity index is 1.91. The number of Topliss-reactive ketones (excluding diaryl/α,β-unsaturated/α-hetero) is 1. The highest BCUT2D eigenvalue weighted by atomic mass is 16.6. The standard InChI is InChI=1S/C27H34O6/c1-6-7-8-12-24(29)33-27(2,3)17-32-25-21(14-16-23(30-4)26(25)31-5)18-10-9-11-20-19(18)13-15-22(20)28/h9-11,14,16H,6-8,12-13,15,17H2,1-5H3. The van der Waals surface area contributed by atoms with Gasteiger partial charge in [0.25, 0.3) is 0 Å². The van der Waals surface area contributed by atoms with Crippen molar-refractivity contribution in [1.82, 2.24) is 0 Å². The van der Waals surface area contributed by atoms with Gasteiger partial charge in [0.2, 0.25) is 5.75 Å². The Labute approximate surface area is 196 Å². The molecule has 6 heteroatoms. The summed E-state index contributed by atoms with van der Waals surface area (Å²) in [6.45, 7) is 5.89. The van der Waals surface area contributed by atoms with Crippen molar-refractivity contribution in [2.45, 2.75) is 64.9 Å². The van der Waals surface area contributed by atoms with Crippen molar-refractivity contribution in [3.63, 3.8) is 0 Å². The number of ketones is 1. The molecule has 0 radical (unpaired) electrons. The molecule has 0 fully saturated rings. The average molecular weight is 455 g/mol. The Bertz CT molecular complexity index is 1010. The summed E-state index contributed by atoms with van der Waals surface area (Å²) in [7, 11) is 3.13. The van der Waals surface area contributed by atoms with Crippen LogP contribution in [0.15, 0.2) is 30.3 Å². The highest BCUT2D eigenvalue weighted by Crippen LogP contribution is 2.46. The van der Waals surface area contributed by atoms with Crippen molar-refractivity contribution >= 4 is 11.8 Å². The fourth-order valence-corrected chi connectivity index (χ4v) is 4.15. The van der Waals surface area contributed by atoms with E-state index in [0.29, 0.717) is 36.5 Å². The van der Waals surface area contributed by atoms with E-state index in [1.54, 1.807) is 14.2 Å². The van der Waals surface area contributed by atoms with Crippen LogP contribution in [0.25, 0.3) is 11.1 Å². The third-order valence-electron chi connectivity index (χ3n) is 5.81. The quantitative estimate of drug-likeness (QED) is 0.317. The van der Waals surface area contributed by atoms with Gasteiger partial charge in [0.1, 0.15) is 12.2 Å². The van der Waals surface area contributed by atoms with Gasteiger partial charge in [-0.25, -0.2) is 0 Å². The van der Waals surface area contributed by atoms with E-state index in [2.05, 4.69) is 6.92 Å². The molecule has 1 aliphatic carbocycles. The molecule has 0 spiro atoms. The number of esters is 1. The molecule has 0 aromatic heterocycles. The zero-order valence-corrected chi connectivity index (χ0v) is 20.3. The van der Waals surface area contributed by atoms with Crippen LogP contribution in [0, 0.1) is 0 Å². The first-order valence-corrected chi connectivity index (χ1v) is 11.6. The summed E-state index contributed by atoms with van der Waals surface area (Å²) in [4.78, 5) is 24.5. The Morgan fingerprint density at radius 1 is 0.939 bits per heavy atom. The van der Waals surface area contributed by atoms with Crippen molar-refractivity contribution in [3.8, 4) is 28.4 Å². The second kappa shape index (κ2) is 10.7. The van der Waals surface area contributed by atoms with Crippen molar-refractivity contribution in [2.24, 2.45) is 0 Å². The van der Waals surface area contributed by atoms with E-state index in [1.165, 1.54) is 0 Å². The fourth-order valence-electron chi connectivity index (χ4n) is 4.15. The first kappa shape index (κ1) is 24.6. The molecule has 0 unspecified atom stereocenters. The SMILES string of the molecule is CCCCCC(=O)OC(C)(C)COc1c(-c2cccc3c2CCC3=O)ccc(OC)c1OC. The molecule has 0 atom stereocenters. The van der Waals surface area contributed by atoms with E-state index >= 15 is 0 Å². The topological polar surface area (TPSA) is 71.1 Å². The van der Waals surface area contributed by atoms with Gasteiger partial charge < -0.3 is 18.9 Å². The lowest BCUT2D eigenvalue weighted by Crippen LogP contribution is -2.35. The van der Waals surface area contributed by atoms with Gasteiger partial charge in [-0.1, -0.05) is 38.0 Å². The van der Waals surface area contributed by atoms with Crippen LogP contribution in [0.1, 0.15) is 68.8 Å². The van der Waals surface area contributed by atoms with E-state index in [9.17, 15) is 9.59 Å². The molecule has 0 N–H and O–H groups in total. The molecular weight excluding hydrogens is 420 g/mol. The molecule has 1 aliphatic rings. The molecule has 0 saturated carbocycles. The maximum absolute atomic E-state index is 12.3. The smallest absolute Gasteiger partial charge is 0.306 e. The van der Waals surface area contributed by atoms with E-state index in [-0.39, 0.29) is 18.4 Å². The van der Waals surface area contributed by atoms with Crippen molar-refractivity contribution in [2.75, 3.05) is 20.8 Å². The number of ether oxygens (including phenoxy) is 4. The van der Waals surface area contributed by atoms with Gasteiger partial charge in [-0.2, -0.15) is 0 Å². The summed E-state index contributed by atoms with van der Waals surface area (Å²) in [5, 5.41) is 0. The largest absolute Gasteiger partial charge is 0.493 e. The highest BCUT2D eigenvalue weighted by Gasteiger charge is 2.29. The number of methoxy groups -OCH3 is 2. The molecule has 2 aromatic rings. The molecule has 0 aliphatic heterocycles. The molecule has 178 valence electrons. The molecular formula is C27H34O6. The minimum Gasteiger partial charge on any atom is -0.493 e. The van der Waals surface area contributed by atoms with Crippen molar-refractivity contribution in [1.29, 1.82) is 0 Å². The number of fused-ring (bicyclic) bond motifs is 1. The van der Waals surface area contributed by atoms with E-state index < -0.39 is 5.60 Å². The molecule has 0 amide bonds. The lowest BCUT2D eigenvalue weighted by atomic mass is 9.95. The van der Waals surface area contributed by atoms with Crippen molar-refractivity contribution < 1.29 is 28.5 Å². The summed E-state index contributed by atoms with van der Waals surface area (Å²) in [6.07, 6.45) is 4.47. The van der Waals surface area contributed by atoms with Crippen LogP contribution < -0.4 is 14.2 Å². The van der Waals surface area contributed by atoms with Gasteiger partial charge in [0.05, 0.1) is 14.2 Å². The van der Waals surface area contributed by atoms with E-state index in [1.807, 2.05) is 44.2 Å². The average Bonchev–Trinajstić information content (AvgIpc) is 3.17. The number of carbonyl (C=O) groups is 2. The fraction of sp³-hybridized carbons (Fsp3) is 0.481. The highest BCUT2D eigenvalue weighted by molar-refractivity contribution is 6.02. The molecule has 6 nitrogen and oxygen atoms in total. The van der Waals surface area contributed by atoms with Crippen LogP contribution in [0.2, 0.25) is 0 Å². The monoisotopic (exact) mass is 454 g/mol. The van der Waals surface area contributed by atoms with E-state index in [0.717, 1.165) is 41.5 Å². The minimum absolute atomic E-state index is 0.136. The Kier molecular flexibility index (Phi) is 8.01. The summed E-state index contributed by atoms with van der Waals surface area (Å²) in [5.74, 6) is 1.43. The number of hydrogen-bond donors (Lipinski definition) is 0. The van der Waals surface area contributed by atoms with Crippen LogP contribution in [-0.4, -0.2) is 38.2 Å². The number of unbranched alkanes of at least 4 members (excludes halogenated alkanes) is 2. The number of hydrogen-bond acceptors (Lipinski definition) is 6. The van der Waals surface area contributed by atoms with Gasteiger partial charge in [-0.15, -0.1) is 0 Å². The van der Waals surface area contributed by atoms with Crippen LogP contribution in [-0.2, 0) is 16.0 Å². The molecule has 2 aromatic carbocycles. The number of benzene rings is 2. The van der Waals surface area contributed by atoms with Gasteiger partial charge in [0, 0.05) is 24.0 Å². The number of carbonyl (C=O) groups excluding carboxylic acids is 2. The normalized spacial score (nSPS) is 12.9. The van der Waals surface area contributed by atoms with Gasteiger partial charge >= 0.3 is 5.97 Å². The zero-order chi connectivity index (χ0) is 24.0. The summed E-state index contributed by atoms with van der Waals surface area (Å²) < 4.78 is 23.1. The molecule has 0 saturated heterocycles. The molecule has 0 bridgehead atoms. The Morgan fingerprint density at radius 3 is 2.39 bits per heavy atom. The van der Waals surface area contributed by atoms with Crippen LogP contribution >= 0.6 is 0 Å². The van der Waals surface area contributed by atoms with Gasteiger partial charge in [-0.05, 0) is 49.9 Å². The maximum atomic E-state index is 12.3. The van der Waals surface area contributed by atoms with Gasteiger partial charge in [0.15, 0.2) is 17.3 Å². The lowest BCUT2D eigenvalue weighted by molar-refractivity contribution is -0.159. The predicted octanol–water partition coefficient (Wildman–Crippen LogP) is 5.78. The maximum Gasteiger partial charge on any atom is 0.306 e. The summed E-state index contributed by atoms with van der Waals surface area (Å²) in [6, 6.07) is 9.50. The third kappa shape index (κ3) is 5.67. The summed E-state index contributed by atoms with van der Waals surface area (Å²) >= 11 is 0. The summed E-state index contributed by atoms with van der Waals surface area (Å²) in [5.41, 5.74) is 2.69. The molecule has 3 rings (SSSR count). The predicted molar refractivity (Wildman–Crippen MR) is 127 cm³/mol. The minimum atomic E-state index is -0.830. The Hall–Kier alpha value is -3.02. The second-order valence-corrected chi connectivity index (χ2v) is 8.91. The molecule has 0 heterocycles. The van der Waals surface area contributed by atoms with Gasteiger partial charge in [-0.3, -0.25) is 9.59 Å². The van der Waals surface area contributed by atoms with Crippen LogP contribution in [0.4, 0.5) is 0 Å². The molecule has 33 heavy (non-hydrogen) atoms. The first-order valence-electron chi connectivity index (χ1n) is 11.6. The van der Waals surface area contributed by atoms with Crippen molar-refractivity contribution in [3.05, 3.63) is 41.5 Å². The van der Waals surface area contributed by atoms with Crippen LogP contribution in [0.5, 0.6) is 17.2 Å². The van der Waals surface area contributed by atoms with E-state index in [4.69, 9.17) is 18.9 Å². The first-order chi connectivity index (χ1) is 15.8.